The molecule has 1 aromatic heterocycles. The Morgan fingerprint density at radius 2 is 1.75 bits per heavy atom. The van der Waals surface area contributed by atoms with Crippen molar-refractivity contribution in [2.75, 3.05) is 32.7 Å². The van der Waals surface area contributed by atoms with Gasteiger partial charge in [0.05, 0.1) is 0 Å². The molecule has 1 aliphatic heterocycles. The predicted molar refractivity (Wildman–Crippen MR) is 115 cm³/mol. The summed E-state index contributed by atoms with van der Waals surface area (Å²) in [5.41, 5.74) is 3.64. The third-order valence-corrected chi connectivity index (χ3v) is 5.29. The van der Waals surface area contributed by atoms with Crippen LogP contribution < -0.4 is 0 Å². The Kier molecular flexibility index (Phi) is 6.63. The van der Waals surface area contributed by atoms with Gasteiger partial charge in [-0.3, -0.25) is 14.7 Å². The molecule has 1 aromatic carbocycles. The molecule has 0 aliphatic carbocycles. The number of carbonyl (C=O) groups excluding carboxylic acids is 1. The molecule has 0 radical (unpaired) electrons. The predicted octanol–water partition coefficient (Wildman–Crippen LogP) is 3.78. The molecule has 0 atom stereocenters. The van der Waals surface area contributed by atoms with Crippen LogP contribution in [-0.4, -0.2) is 53.4 Å². The summed E-state index contributed by atoms with van der Waals surface area (Å²) in [6.07, 6.45) is 6.42. The van der Waals surface area contributed by atoms with E-state index in [4.69, 9.17) is 0 Å². The lowest BCUT2D eigenvalue weighted by Crippen LogP contribution is -2.48. The lowest BCUT2D eigenvalue weighted by molar-refractivity contribution is -0.127. The Hall–Kier alpha value is -2.46. The Labute approximate surface area is 168 Å². The van der Waals surface area contributed by atoms with Gasteiger partial charge in [-0.05, 0) is 34.8 Å². The molecule has 1 aliphatic rings. The van der Waals surface area contributed by atoms with Crippen LogP contribution in [0.4, 0.5) is 0 Å². The first-order chi connectivity index (χ1) is 13.4. The van der Waals surface area contributed by atoms with Crippen LogP contribution in [0, 0.1) is 0 Å². The van der Waals surface area contributed by atoms with Gasteiger partial charge in [0.2, 0.25) is 5.91 Å². The number of aromatic nitrogens is 1. The molecule has 0 unspecified atom stereocenters. The van der Waals surface area contributed by atoms with Crippen LogP contribution in [0.15, 0.2) is 54.7 Å². The maximum absolute atomic E-state index is 12.5. The number of hydrogen-bond donors (Lipinski definition) is 0. The third kappa shape index (κ3) is 5.77. The largest absolute Gasteiger partial charge is 0.337 e. The van der Waals surface area contributed by atoms with Crippen LogP contribution in [0.1, 0.15) is 37.6 Å². The van der Waals surface area contributed by atoms with Gasteiger partial charge in [-0.25, -0.2) is 0 Å². The number of carbonyl (C=O) groups is 1. The quantitative estimate of drug-likeness (QED) is 0.744. The molecule has 2 heterocycles. The van der Waals surface area contributed by atoms with Gasteiger partial charge in [0.15, 0.2) is 0 Å². The van der Waals surface area contributed by atoms with E-state index in [-0.39, 0.29) is 11.3 Å². The van der Waals surface area contributed by atoms with E-state index in [2.05, 4.69) is 61.0 Å². The van der Waals surface area contributed by atoms with Crippen LogP contribution in [0.2, 0.25) is 0 Å². The fraction of sp³-hybridized carbons (Fsp3) is 0.417. The molecule has 28 heavy (non-hydrogen) atoms. The van der Waals surface area contributed by atoms with Crippen LogP contribution in [0.25, 0.3) is 6.08 Å². The Bertz CT molecular complexity index is 783. The van der Waals surface area contributed by atoms with Crippen LogP contribution in [-0.2, 0) is 16.6 Å². The zero-order chi connectivity index (χ0) is 20.0. The second-order valence-corrected chi connectivity index (χ2v) is 8.44. The highest BCUT2D eigenvalue weighted by Crippen LogP contribution is 2.22. The Morgan fingerprint density at radius 1 is 1.04 bits per heavy atom. The summed E-state index contributed by atoms with van der Waals surface area (Å²) in [6, 6.07) is 14.5. The minimum atomic E-state index is 0.101. The SMILES string of the molecule is CC(C)(C)c1ccc(/C=C/C(=O)N2CCN(CCc3ccccn3)CC2)cc1. The minimum Gasteiger partial charge on any atom is -0.337 e. The lowest BCUT2D eigenvalue weighted by atomic mass is 9.87. The summed E-state index contributed by atoms with van der Waals surface area (Å²) in [5.74, 6) is 0.101. The number of hydrogen-bond acceptors (Lipinski definition) is 3. The fourth-order valence-corrected chi connectivity index (χ4v) is 3.38. The fourth-order valence-electron chi connectivity index (χ4n) is 3.38. The summed E-state index contributed by atoms with van der Waals surface area (Å²) < 4.78 is 0. The molecule has 4 heteroatoms. The number of pyridine rings is 1. The van der Waals surface area contributed by atoms with Gasteiger partial charge in [0.25, 0.3) is 0 Å². The van der Waals surface area contributed by atoms with Crippen LogP contribution in [0.5, 0.6) is 0 Å². The number of piperazine rings is 1. The van der Waals surface area contributed by atoms with Crippen molar-refractivity contribution in [1.82, 2.24) is 14.8 Å². The maximum atomic E-state index is 12.5. The summed E-state index contributed by atoms with van der Waals surface area (Å²) in [6.45, 7) is 11.0. The van der Waals surface area contributed by atoms with Gasteiger partial charge in [-0.1, -0.05) is 51.1 Å². The third-order valence-electron chi connectivity index (χ3n) is 5.29. The molecule has 1 fully saturated rings. The molecular formula is C24H31N3O. The normalized spacial score (nSPS) is 15.9. The summed E-state index contributed by atoms with van der Waals surface area (Å²) in [5, 5.41) is 0. The van der Waals surface area contributed by atoms with Gasteiger partial charge in [0.1, 0.15) is 0 Å². The zero-order valence-corrected chi connectivity index (χ0v) is 17.3. The number of amides is 1. The first-order valence-electron chi connectivity index (χ1n) is 10.1. The van der Waals surface area contributed by atoms with Gasteiger partial charge in [-0.2, -0.15) is 0 Å². The van der Waals surface area contributed by atoms with Crippen molar-refractivity contribution < 1.29 is 4.79 Å². The van der Waals surface area contributed by atoms with Gasteiger partial charge >= 0.3 is 0 Å². The van der Waals surface area contributed by atoms with E-state index in [1.807, 2.05) is 29.3 Å². The molecular weight excluding hydrogens is 346 g/mol. The lowest BCUT2D eigenvalue weighted by Gasteiger charge is -2.34. The van der Waals surface area contributed by atoms with Crippen molar-refractivity contribution in [2.45, 2.75) is 32.6 Å². The molecule has 1 amide bonds. The van der Waals surface area contributed by atoms with Crippen LogP contribution in [0.3, 0.4) is 0 Å². The molecule has 0 saturated carbocycles. The van der Waals surface area contributed by atoms with Crippen molar-refractivity contribution in [3.63, 3.8) is 0 Å². The molecule has 0 spiro atoms. The van der Waals surface area contributed by atoms with E-state index in [0.29, 0.717) is 0 Å². The van der Waals surface area contributed by atoms with Gasteiger partial charge in [0, 0.05) is 57.1 Å². The van der Waals surface area contributed by atoms with Gasteiger partial charge < -0.3 is 4.90 Å². The summed E-state index contributed by atoms with van der Waals surface area (Å²) in [4.78, 5) is 21.2. The highest BCUT2D eigenvalue weighted by molar-refractivity contribution is 5.91. The Balaban J connectivity index is 1.45. The van der Waals surface area contributed by atoms with Crippen molar-refractivity contribution in [3.05, 3.63) is 71.6 Å². The number of nitrogens with zero attached hydrogens (tertiary/aromatic N) is 3. The molecule has 148 valence electrons. The van der Waals surface area contributed by atoms with E-state index in [1.165, 1.54) is 5.56 Å². The maximum Gasteiger partial charge on any atom is 0.246 e. The molecule has 2 aromatic rings. The highest BCUT2D eigenvalue weighted by Gasteiger charge is 2.19. The second kappa shape index (κ2) is 9.16. The first-order valence-corrected chi connectivity index (χ1v) is 10.1. The molecule has 0 bridgehead atoms. The van der Waals surface area contributed by atoms with E-state index < -0.39 is 0 Å². The molecule has 1 saturated heterocycles. The van der Waals surface area contributed by atoms with E-state index in [0.717, 1.165) is 50.4 Å². The summed E-state index contributed by atoms with van der Waals surface area (Å²) in [7, 11) is 0. The zero-order valence-electron chi connectivity index (χ0n) is 17.3. The van der Waals surface area contributed by atoms with Crippen LogP contribution >= 0.6 is 0 Å². The van der Waals surface area contributed by atoms with Crippen molar-refractivity contribution in [3.8, 4) is 0 Å². The number of rotatable bonds is 5. The average molecular weight is 378 g/mol. The standard InChI is InChI=1S/C24H31N3O/c1-24(2,3)21-10-7-20(8-11-21)9-12-23(28)27-18-16-26(17-19-27)15-13-22-6-4-5-14-25-22/h4-12,14H,13,15-19H2,1-3H3/b12-9+. The smallest absolute Gasteiger partial charge is 0.246 e. The number of benzene rings is 1. The minimum absolute atomic E-state index is 0.101. The first kappa shape index (κ1) is 20.3. The van der Waals surface area contributed by atoms with Crippen molar-refractivity contribution >= 4 is 12.0 Å². The molecule has 0 N–H and O–H groups in total. The van der Waals surface area contributed by atoms with E-state index in [1.54, 1.807) is 6.08 Å². The topological polar surface area (TPSA) is 36.4 Å². The monoisotopic (exact) mass is 377 g/mol. The Morgan fingerprint density at radius 3 is 2.36 bits per heavy atom. The van der Waals surface area contributed by atoms with Crippen molar-refractivity contribution in [2.24, 2.45) is 0 Å². The van der Waals surface area contributed by atoms with E-state index >= 15 is 0 Å². The summed E-state index contributed by atoms with van der Waals surface area (Å²) >= 11 is 0. The van der Waals surface area contributed by atoms with Crippen molar-refractivity contribution in [1.29, 1.82) is 0 Å². The molecule has 3 rings (SSSR count). The average Bonchev–Trinajstić information content (AvgIpc) is 2.71. The van der Waals surface area contributed by atoms with Gasteiger partial charge in [-0.15, -0.1) is 0 Å². The highest BCUT2D eigenvalue weighted by atomic mass is 16.2. The molecule has 4 nitrogen and oxygen atoms in total. The van der Waals surface area contributed by atoms with E-state index in [9.17, 15) is 4.79 Å². The second-order valence-electron chi connectivity index (χ2n) is 8.44.